The maximum atomic E-state index is 14.0. The smallest absolute Gasteiger partial charge is 0.213 e. The molecule has 220 valence electrons. The summed E-state index contributed by atoms with van der Waals surface area (Å²) >= 11 is 0. The van der Waals surface area contributed by atoms with Gasteiger partial charge >= 0.3 is 0 Å². The number of hydrogen-bond donors (Lipinski definition) is 0. The van der Waals surface area contributed by atoms with Crippen molar-refractivity contribution in [3.8, 4) is 0 Å². The normalized spacial score (nSPS) is 12.3. The number of hydrogen-bond acceptors (Lipinski definition) is 6. The first kappa shape index (κ1) is 30.2. The number of rotatable bonds is 9. The molecule has 0 bridgehead atoms. The minimum absolute atomic E-state index is 0.0885. The van der Waals surface area contributed by atoms with Crippen LogP contribution in [0, 0.1) is 0 Å². The molecular weight excluding hydrogens is 551 g/mol. The van der Waals surface area contributed by atoms with Gasteiger partial charge in [-0.05, 0) is 44.1 Å². The molecule has 0 aliphatic carbocycles. The lowest BCUT2D eigenvalue weighted by Crippen LogP contribution is -2.45. The fourth-order valence-corrected chi connectivity index (χ4v) is 5.77. The molecule has 0 atom stereocenters. The van der Waals surface area contributed by atoms with E-state index in [1.165, 1.54) is 6.33 Å². The van der Waals surface area contributed by atoms with Crippen molar-refractivity contribution in [3.63, 3.8) is 0 Å². The van der Waals surface area contributed by atoms with Gasteiger partial charge in [0.1, 0.15) is 17.7 Å². The molecular formula is C35H39N5O2Si. The summed E-state index contributed by atoms with van der Waals surface area (Å²) in [6, 6.07) is 23.6. The average molecular weight is 590 g/mol. The van der Waals surface area contributed by atoms with Crippen LogP contribution in [0.3, 0.4) is 0 Å². The first-order valence-electron chi connectivity index (χ1n) is 14.5. The average Bonchev–Trinajstić information content (AvgIpc) is 3.40. The SMILES string of the molecule is CC(C)(CO[Si](C)(C)C(C)(C)C)n1cc(C(=O)c2cc(N=C(c3ccccc3)c3ccccc3)ccn2)c2cncnc21. The van der Waals surface area contributed by atoms with Crippen LogP contribution in [0.5, 0.6) is 0 Å². The predicted molar refractivity (Wildman–Crippen MR) is 176 cm³/mol. The topological polar surface area (TPSA) is 82.3 Å². The third kappa shape index (κ3) is 6.40. The number of carbonyl (C=O) groups excluding carboxylic acids is 1. The van der Waals surface area contributed by atoms with Crippen LogP contribution in [-0.4, -0.2) is 45.9 Å². The Kier molecular flexibility index (Phi) is 8.27. The zero-order valence-corrected chi connectivity index (χ0v) is 27.0. The molecule has 5 aromatic rings. The summed E-state index contributed by atoms with van der Waals surface area (Å²) in [5, 5.41) is 0.767. The lowest BCUT2D eigenvalue weighted by Gasteiger charge is -2.39. The van der Waals surface area contributed by atoms with Crippen molar-refractivity contribution in [2.45, 2.75) is 58.3 Å². The summed E-state index contributed by atoms with van der Waals surface area (Å²) < 4.78 is 8.64. The monoisotopic (exact) mass is 589 g/mol. The molecule has 3 heterocycles. The van der Waals surface area contributed by atoms with Crippen LogP contribution in [0.2, 0.25) is 18.1 Å². The van der Waals surface area contributed by atoms with E-state index in [0.29, 0.717) is 34.6 Å². The highest BCUT2D eigenvalue weighted by atomic mass is 28.4. The van der Waals surface area contributed by atoms with Crippen LogP contribution in [0.4, 0.5) is 5.69 Å². The molecule has 0 fully saturated rings. The number of carbonyl (C=O) groups is 1. The van der Waals surface area contributed by atoms with Crippen LogP contribution in [0.25, 0.3) is 11.0 Å². The Balaban J connectivity index is 1.52. The molecule has 0 radical (unpaired) electrons. The van der Waals surface area contributed by atoms with Crippen molar-refractivity contribution in [1.29, 1.82) is 0 Å². The van der Waals surface area contributed by atoms with E-state index in [1.807, 2.05) is 77.5 Å². The Morgan fingerprint density at radius 3 is 2.14 bits per heavy atom. The van der Waals surface area contributed by atoms with E-state index in [2.05, 4.69) is 62.7 Å². The largest absolute Gasteiger partial charge is 0.414 e. The zero-order valence-electron chi connectivity index (χ0n) is 26.0. The molecule has 0 aliphatic rings. The minimum atomic E-state index is -1.99. The predicted octanol–water partition coefficient (Wildman–Crippen LogP) is 7.98. The molecule has 0 spiro atoms. The van der Waals surface area contributed by atoms with Gasteiger partial charge in [0.05, 0.1) is 29.1 Å². The van der Waals surface area contributed by atoms with Gasteiger partial charge in [-0.15, -0.1) is 0 Å². The van der Waals surface area contributed by atoms with Gasteiger partial charge in [0.2, 0.25) is 5.78 Å². The zero-order chi connectivity index (χ0) is 30.8. The number of aromatic nitrogens is 4. The van der Waals surface area contributed by atoms with Crippen molar-refractivity contribution in [3.05, 3.63) is 120 Å². The fraction of sp³-hybridized carbons (Fsp3) is 0.286. The summed E-state index contributed by atoms with van der Waals surface area (Å²) in [5.41, 5.74) is 4.47. The summed E-state index contributed by atoms with van der Waals surface area (Å²) in [6.07, 6.45) is 6.71. The van der Waals surface area contributed by atoms with Crippen molar-refractivity contribution in [1.82, 2.24) is 19.5 Å². The van der Waals surface area contributed by atoms with Gasteiger partial charge in [-0.1, -0.05) is 81.4 Å². The number of nitrogens with zero attached hydrogens (tertiary/aromatic N) is 5. The fourth-order valence-electron chi connectivity index (χ4n) is 4.62. The van der Waals surface area contributed by atoms with Crippen LogP contribution in [0.1, 0.15) is 61.8 Å². The third-order valence-electron chi connectivity index (χ3n) is 8.27. The lowest BCUT2D eigenvalue weighted by atomic mass is 10.0. The maximum absolute atomic E-state index is 14.0. The first-order valence-corrected chi connectivity index (χ1v) is 17.4. The Hall–Kier alpha value is -4.27. The summed E-state index contributed by atoms with van der Waals surface area (Å²) in [6.45, 7) is 15.9. The van der Waals surface area contributed by atoms with E-state index in [4.69, 9.17) is 9.42 Å². The van der Waals surface area contributed by atoms with E-state index in [0.717, 1.165) is 16.8 Å². The molecule has 0 saturated carbocycles. The van der Waals surface area contributed by atoms with Crippen molar-refractivity contribution >= 4 is 36.5 Å². The van der Waals surface area contributed by atoms with Gasteiger partial charge < -0.3 is 8.99 Å². The van der Waals surface area contributed by atoms with Crippen molar-refractivity contribution in [2.24, 2.45) is 4.99 Å². The minimum Gasteiger partial charge on any atom is -0.414 e. The molecule has 43 heavy (non-hydrogen) atoms. The van der Waals surface area contributed by atoms with Gasteiger partial charge in [-0.25, -0.2) is 15.0 Å². The number of pyridine rings is 1. The second-order valence-corrected chi connectivity index (χ2v) is 17.8. The summed E-state index contributed by atoms with van der Waals surface area (Å²) in [4.78, 5) is 32.3. The van der Waals surface area contributed by atoms with E-state index in [1.54, 1.807) is 18.5 Å². The molecule has 0 amide bonds. The van der Waals surface area contributed by atoms with Crippen molar-refractivity contribution < 1.29 is 9.22 Å². The van der Waals surface area contributed by atoms with Crippen molar-refractivity contribution in [2.75, 3.05) is 6.61 Å². The molecule has 5 rings (SSSR count). The van der Waals surface area contributed by atoms with Gasteiger partial charge in [0.25, 0.3) is 0 Å². The second-order valence-electron chi connectivity index (χ2n) is 13.0. The Labute approximate surface area is 254 Å². The Morgan fingerprint density at radius 1 is 0.907 bits per heavy atom. The third-order valence-corrected chi connectivity index (χ3v) is 12.7. The summed E-state index contributed by atoms with van der Waals surface area (Å²) in [5.74, 6) is -0.210. The number of aliphatic imine (C=N–C) groups is 1. The van der Waals surface area contributed by atoms with Crippen LogP contribution >= 0.6 is 0 Å². The van der Waals surface area contributed by atoms with Crippen LogP contribution < -0.4 is 0 Å². The van der Waals surface area contributed by atoms with E-state index in [-0.39, 0.29) is 10.8 Å². The highest BCUT2D eigenvalue weighted by Gasteiger charge is 2.39. The van der Waals surface area contributed by atoms with Crippen LogP contribution in [-0.2, 0) is 9.96 Å². The van der Waals surface area contributed by atoms with E-state index < -0.39 is 13.9 Å². The number of ketones is 1. The molecule has 0 unspecified atom stereocenters. The first-order chi connectivity index (χ1) is 20.4. The highest BCUT2D eigenvalue weighted by molar-refractivity contribution is 6.74. The second kappa shape index (κ2) is 11.8. The van der Waals surface area contributed by atoms with E-state index >= 15 is 0 Å². The van der Waals surface area contributed by atoms with Crippen LogP contribution in [0.15, 0.2) is 103 Å². The standard InChI is InChI=1S/C35H39N5O2Si/c1-34(2,3)43(6,7)42-23-35(4,5)40-22-29(28-21-36-24-38-33(28)40)32(41)30-20-27(18-19-37-30)39-31(25-14-10-8-11-15-25)26-16-12-9-13-17-26/h8-22,24H,23H2,1-7H3. The Bertz CT molecular complexity index is 1730. The number of fused-ring (bicyclic) bond motifs is 1. The molecule has 0 N–H and O–H groups in total. The molecule has 2 aromatic carbocycles. The number of benzene rings is 2. The maximum Gasteiger partial charge on any atom is 0.213 e. The van der Waals surface area contributed by atoms with Gasteiger partial charge in [0.15, 0.2) is 8.32 Å². The molecule has 7 nitrogen and oxygen atoms in total. The summed E-state index contributed by atoms with van der Waals surface area (Å²) in [7, 11) is -1.99. The Morgan fingerprint density at radius 2 is 1.53 bits per heavy atom. The van der Waals surface area contributed by atoms with E-state index in [9.17, 15) is 4.79 Å². The molecule has 3 aromatic heterocycles. The molecule has 0 aliphatic heterocycles. The van der Waals surface area contributed by atoms with Gasteiger partial charge in [-0.2, -0.15) is 0 Å². The molecule has 0 saturated heterocycles. The lowest BCUT2D eigenvalue weighted by molar-refractivity contribution is 0.103. The quantitative estimate of drug-likeness (QED) is 0.0989. The highest BCUT2D eigenvalue weighted by Crippen LogP contribution is 2.38. The van der Waals surface area contributed by atoms with Gasteiger partial charge in [-0.3, -0.25) is 9.78 Å². The van der Waals surface area contributed by atoms with Gasteiger partial charge in [0, 0.05) is 35.1 Å². The molecule has 8 heteroatoms.